The van der Waals surface area contributed by atoms with E-state index in [1.165, 1.54) is 4.88 Å². The Bertz CT molecular complexity index is 481. The second-order valence-corrected chi connectivity index (χ2v) is 5.90. The Labute approximate surface area is 117 Å². The third-order valence-electron chi connectivity index (χ3n) is 2.59. The number of rotatable bonds is 7. The summed E-state index contributed by atoms with van der Waals surface area (Å²) < 4.78 is 5.53. The normalized spacial score (nSPS) is 12.8. The van der Waals surface area contributed by atoms with Crippen LogP contribution >= 0.6 is 11.3 Å². The van der Waals surface area contributed by atoms with E-state index < -0.39 is 0 Å². The molecule has 2 rings (SSSR count). The number of thiophene rings is 1. The molecule has 0 bridgehead atoms. The van der Waals surface area contributed by atoms with Crippen LogP contribution in [0.15, 0.2) is 21.9 Å². The Morgan fingerprint density at radius 3 is 2.84 bits per heavy atom. The van der Waals surface area contributed by atoms with Crippen LogP contribution in [0.5, 0.6) is 0 Å². The molecule has 0 aliphatic heterocycles. The van der Waals surface area contributed by atoms with Crippen LogP contribution in [0.25, 0.3) is 0 Å². The van der Waals surface area contributed by atoms with Crippen molar-refractivity contribution in [2.75, 3.05) is 5.32 Å². The maximum absolute atomic E-state index is 5.53. The van der Waals surface area contributed by atoms with Crippen LogP contribution in [-0.2, 0) is 13.0 Å². The lowest BCUT2D eigenvalue weighted by Crippen LogP contribution is -2.21. The molecule has 2 aromatic heterocycles. The monoisotopic (exact) mass is 280 g/mol. The second-order valence-electron chi connectivity index (χ2n) is 4.87. The van der Waals surface area contributed by atoms with E-state index in [4.69, 9.17) is 4.42 Å². The third-order valence-corrected chi connectivity index (χ3v) is 3.48. The van der Waals surface area contributed by atoms with Crippen LogP contribution in [0.2, 0.25) is 0 Å². The molecule has 0 saturated heterocycles. The van der Waals surface area contributed by atoms with Gasteiger partial charge in [-0.15, -0.1) is 16.4 Å². The van der Waals surface area contributed by atoms with E-state index in [0.717, 1.165) is 6.42 Å². The summed E-state index contributed by atoms with van der Waals surface area (Å²) in [5.41, 5.74) is 0. The van der Waals surface area contributed by atoms with Crippen LogP contribution in [0.1, 0.15) is 31.5 Å². The molecule has 1 atom stereocenters. The van der Waals surface area contributed by atoms with Gasteiger partial charge in [0, 0.05) is 23.4 Å². The van der Waals surface area contributed by atoms with Crippen molar-refractivity contribution in [2.24, 2.45) is 0 Å². The van der Waals surface area contributed by atoms with Gasteiger partial charge in [-0.05, 0) is 18.4 Å². The zero-order valence-corrected chi connectivity index (χ0v) is 12.3. The molecular formula is C13H20N4OS. The quantitative estimate of drug-likeness (QED) is 0.816. The number of hydrogen-bond acceptors (Lipinski definition) is 6. The average Bonchev–Trinajstić information content (AvgIpc) is 2.98. The Morgan fingerprint density at radius 2 is 2.16 bits per heavy atom. The van der Waals surface area contributed by atoms with E-state index in [0.29, 0.717) is 24.5 Å². The smallest absolute Gasteiger partial charge is 0.315 e. The van der Waals surface area contributed by atoms with Gasteiger partial charge in [-0.1, -0.05) is 25.0 Å². The molecule has 0 amide bonds. The number of nitrogens with one attached hydrogen (secondary N) is 2. The third kappa shape index (κ3) is 4.65. The lowest BCUT2D eigenvalue weighted by atomic mass is 10.2. The predicted molar refractivity (Wildman–Crippen MR) is 77.4 cm³/mol. The number of anilines is 1. The Balaban J connectivity index is 1.82. The molecule has 1 unspecified atom stereocenters. The van der Waals surface area contributed by atoms with Crippen molar-refractivity contribution in [3.05, 3.63) is 28.3 Å². The van der Waals surface area contributed by atoms with Gasteiger partial charge in [-0.3, -0.25) is 0 Å². The minimum atomic E-state index is 0.269. The van der Waals surface area contributed by atoms with Gasteiger partial charge in [0.25, 0.3) is 0 Å². The first kappa shape index (κ1) is 14.0. The summed E-state index contributed by atoms with van der Waals surface area (Å²) >= 11 is 1.76. The van der Waals surface area contributed by atoms with Crippen LogP contribution in [-0.4, -0.2) is 22.3 Å². The standard InChI is InChI=1S/C13H20N4OS/c1-9(2)14-8-12-16-17-13(18-12)15-10(3)7-11-5-4-6-19-11/h4-6,9-10,14H,7-8H2,1-3H3,(H,15,17). The first-order chi connectivity index (χ1) is 9.13. The minimum Gasteiger partial charge on any atom is -0.407 e. The molecule has 0 radical (unpaired) electrons. The summed E-state index contributed by atoms with van der Waals surface area (Å²) in [6.07, 6.45) is 0.958. The largest absolute Gasteiger partial charge is 0.407 e. The SMILES string of the molecule is CC(C)NCc1nnc(NC(C)Cc2cccs2)o1. The fraction of sp³-hybridized carbons (Fsp3) is 0.538. The van der Waals surface area contributed by atoms with Gasteiger partial charge in [0.1, 0.15) is 0 Å². The Hall–Kier alpha value is -1.40. The van der Waals surface area contributed by atoms with Gasteiger partial charge in [0.05, 0.1) is 6.54 Å². The van der Waals surface area contributed by atoms with E-state index in [1.54, 1.807) is 11.3 Å². The van der Waals surface area contributed by atoms with Crippen LogP contribution < -0.4 is 10.6 Å². The van der Waals surface area contributed by atoms with Gasteiger partial charge >= 0.3 is 6.01 Å². The van der Waals surface area contributed by atoms with Gasteiger partial charge < -0.3 is 15.1 Å². The molecule has 19 heavy (non-hydrogen) atoms. The molecule has 0 aliphatic rings. The number of nitrogens with zero attached hydrogens (tertiary/aromatic N) is 2. The van der Waals surface area contributed by atoms with E-state index in [9.17, 15) is 0 Å². The predicted octanol–water partition coefficient (Wildman–Crippen LogP) is 2.67. The van der Waals surface area contributed by atoms with Crippen molar-refractivity contribution in [1.29, 1.82) is 0 Å². The molecule has 104 valence electrons. The van der Waals surface area contributed by atoms with Crippen LogP contribution in [0, 0.1) is 0 Å². The molecule has 2 heterocycles. The van der Waals surface area contributed by atoms with E-state index in [-0.39, 0.29) is 6.04 Å². The van der Waals surface area contributed by atoms with Crippen molar-refractivity contribution >= 4 is 17.4 Å². The highest BCUT2D eigenvalue weighted by atomic mass is 32.1. The molecule has 0 aromatic carbocycles. The van der Waals surface area contributed by atoms with E-state index >= 15 is 0 Å². The van der Waals surface area contributed by atoms with Crippen LogP contribution in [0.4, 0.5) is 6.01 Å². The first-order valence-electron chi connectivity index (χ1n) is 6.48. The highest BCUT2D eigenvalue weighted by Crippen LogP contribution is 2.14. The summed E-state index contributed by atoms with van der Waals surface area (Å²) in [5, 5.41) is 16.6. The summed E-state index contributed by atoms with van der Waals surface area (Å²) in [4.78, 5) is 1.35. The highest BCUT2D eigenvalue weighted by Gasteiger charge is 2.10. The maximum atomic E-state index is 5.53. The van der Waals surface area contributed by atoms with Crippen LogP contribution in [0.3, 0.4) is 0 Å². The summed E-state index contributed by atoms with van der Waals surface area (Å²) in [6.45, 7) is 6.87. The number of hydrogen-bond donors (Lipinski definition) is 2. The minimum absolute atomic E-state index is 0.269. The maximum Gasteiger partial charge on any atom is 0.315 e. The summed E-state index contributed by atoms with van der Waals surface area (Å²) in [7, 11) is 0. The Kier molecular flexibility index (Phi) is 4.93. The van der Waals surface area contributed by atoms with Crippen molar-refractivity contribution in [2.45, 2.75) is 45.8 Å². The molecule has 2 N–H and O–H groups in total. The van der Waals surface area contributed by atoms with Gasteiger partial charge in [0.2, 0.25) is 5.89 Å². The zero-order chi connectivity index (χ0) is 13.7. The van der Waals surface area contributed by atoms with Crippen molar-refractivity contribution < 1.29 is 4.42 Å². The topological polar surface area (TPSA) is 63.0 Å². The van der Waals surface area contributed by atoms with Gasteiger partial charge in [-0.25, -0.2) is 0 Å². The first-order valence-corrected chi connectivity index (χ1v) is 7.36. The average molecular weight is 280 g/mol. The molecule has 6 heteroatoms. The van der Waals surface area contributed by atoms with Crippen molar-refractivity contribution in [3.8, 4) is 0 Å². The Morgan fingerprint density at radius 1 is 1.32 bits per heavy atom. The second kappa shape index (κ2) is 6.68. The molecule has 5 nitrogen and oxygen atoms in total. The highest BCUT2D eigenvalue weighted by molar-refractivity contribution is 7.09. The molecule has 0 spiro atoms. The molecule has 0 fully saturated rings. The van der Waals surface area contributed by atoms with Crippen molar-refractivity contribution in [3.63, 3.8) is 0 Å². The molecule has 0 aliphatic carbocycles. The lowest BCUT2D eigenvalue weighted by molar-refractivity contribution is 0.456. The summed E-state index contributed by atoms with van der Waals surface area (Å²) in [6, 6.07) is 5.36. The lowest BCUT2D eigenvalue weighted by Gasteiger charge is -2.10. The fourth-order valence-electron chi connectivity index (χ4n) is 1.67. The zero-order valence-electron chi connectivity index (χ0n) is 11.5. The van der Waals surface area contributed by atoms with Gasteiger partial charge in [-0.2, -0.15) is 0 Å². The van der Waals surface area contributed by atoms with E-state index in [2.05, 4.69) is 59.1 Å². The fourth-order valence-corrected chi connectivity index (χ4v) is 2.50. The molecular weight excluding hydrogens is 260 g/mol. The number of aromatic nitrogens is 2. The van der Waals surface area contributed by atoms with E-state index in [1.807, 2.05) is 0 Å². The molecule has 0 saturated carbocycles. The summed E-state index contributed by atoms with van der Waals surface area (Å²) in [5.74, 6) is 0.611. The van der Waals surface area contributed by atoms with Crippen molar-refractivity contribution in [1.82, 2.24) is 15.5 Å². The molecule has 2 aromatic rings. The van der Waals surface area contributed by atoms with Gasteiger partial charge in [0.15, 0.2) is 0 Å².